The molecule has 1 radical (unpaired) electrons. The van der Waals surface area contributed by atoms with Crippen molar-refractivity contribution in [2.45, 2.75) is 32.8 Å². The number of benzene rings is 1. The van der Waals surface area contributed by atoms with E-state index in [4.69, 9.17) is 14.5 Å². The van der Waals surface area contributed by atoms with Gasteiger partial charge < -0.3 is 29.7 Å². The van der Waals surface area contributed by atoms with Gasteiger partial charge in [-0.3, -0.25) is 0 Å². The number of carbonyl (C=O) groups excluding carboxylic acids is 3. The van der Waals surface area contributed by atoms with Crippen LogP contribution in [-0.4, -0.2) is 49.7 Å². The third-order valence-electron chi connectivity index (χ3n) is 2.87. The fourth-order valence-electron chi connectivity index (χ4n) is 1.67. The standard InChI is InChI=1S/C14H19B2N2O6/c1-9(17-15-8-19)13(20)23-11-4-6-12(7-5-11)24-14(21)10(2)18-16(3)22/h4-10,17-18,22H,1-3H3/t9-,10-/m0/s1. The minimum absolute atomic E-state index is 0.273. The summed E-state index contributed by atoms with van der Waals surface area (Å²) in [5.74, 6) is -0.565. The average Bonchev–Trinajstić information content (AvgIpc) is 2.53. The van der Waals surface area contributed by atoms with Crippen molar-refractivity contribution < 1.29 is 28.9 Å². The van der Waals surface area contributed by atoms with Crippen LogP contribution in [-0.2, 0) is 14.4 Å². The van der Waals surface area contributed by atoms with E-state index in [1.165, 1.54) is 31.1 Å². The van der Waals surface area contributed by atoms with Crippen molar-refractivity contribution in [2.75, 3.05) is 0 Å². The molecule has 0 amide bonds. The summed E-state index contributed by atoms with van der Waals surface area (Å²) in [6, 6.07) is 4.55. The molecule has 1 rings (SSSR count). The van der Waals surface area contributed by atoms with Crippen LogP contribution in [0.3, 0.4) is 0 Å². The highest BCUT2D eigenvalue weighted by molar-refractivity contribution is 6.64. The fraction of sp³-hybridized carbons (Fsp3) is 0.357. The van der Waals surface area contributed by atoms with Crippen LogP contribution in [0.15, 0.2) is 24.3 Å². The van der Waals surface area contributed by atoms with Crippen molar-refractivity contribution in [3.63, 3.8) is 0 Å². The molecule has 0 bridgehead atoms. The Morgan fingerprint density at radius 1 is 1.12 bits per heavy atom. The zero-order chi connectivity index (χ0) is 18.1. The van der Waals surface area contributed by atoms with Gasteiger partial charge >= 0.3 is 19.0 Å². The van der Waals surface area contributed by atoms with Crippen molar-refractivity contribution in [3.05, 3.63) is 24.3 Å². The molecular weight excluding hydrogens is 314 g/mol. The highest BCUT2D eigenvalue weighted by Crippen LogP contribution is 2.18. The van der Waals surface area contributed by atoms with E-state index < -0.39 is 31.1 Å². The van der Waals surface area contributed by atoms with E-state index in [0.29, 0.717) is 6.19 Å². The number of ether oxygens (including phenoxy) is 2. The topological polar surface area (TPSA) is 114 Å². The van der Waals surface area contributed by atoms with Crippen LogP contribution < -0.4 is 19.9 Å². The fourth-order valence-corrected chi connectivity index (χ4v) is 1.67. The van der Waals surface area contributed by atoms with Crippen LogP contribution in [0.2, 0.25) is 6.82 Å². The van der Waals surface area contributed by atoms with Crippen molar-refractivity contribution in [2.24, 2.45) is 0 Å². The normalized spacial score (nSPS) is 12.7. The summed E-state index contributed by atoms with van der Waals surface area (Å²) in [6.45, 7) is 4.61. The molecule has 0 saturated heterocycles. The highest BCUT2D eigenvalue weighted by Gasteiger charge is 2.19. The number of esters is 2. The molecule has 0 unspecified atom stereocenters. The second kappa shape index (κ2) is 9.86. The largest absolute Gasteiger partial charge is 0.437 e. The Balaban J connectivity index is 2.55. The van der Waals surface area contributed by atoms with Gasteiger partial charge in [-0.05, 0) is 44.9 Å². The summed E-state index contributed by atoms with van der Waals surface area (Å²) >= 11 is 0. The molecule has 0 fully saturated rings. The Bertz CT molecular complexity index is 567. The second-order valence-electron chi connectivity index (χ2n) is 5.07. The zero-order valence-corrected chi connectivity index (χ0v) is 13.7. The molecule has 0 aromatic heterocycles. The predicted octanol–water partition coefficient (Wildman–Crippen LogP) is -0.627. The molecule has 0 aliphatic heterocycles. The Labute approximate surface area is 141 Å². The Morgan fingerprint density at radius 3 is 2.00 bits per heavy atom. The number of hydrogen-bond donors (Lipinski definition) is 3. The molecule has 8 nitrogen and oxygen atoms in total. The predicted molar refractivity (Wildman–Crippen MR) is 89.2 cm³/mol. The number of carbonyl (C=O) groups is 3. The lowest BCUT2D eigenvalue weighted by atomic mass is 9.87. The smallest absolute Gasteiger partial charge is 0.374 e. The number of rotatable bonds is 9. The first-order valence-electron chi connectivity index (χ1n) is 7.34. The molecule has 24 heavy (non-hydrogen) atoms. The van der Waals surface area contributed by atoms with E-state index in [-0.39, 0.29) is 11.5 Å². The summed E-state index contributed by atoms with van der Waals surface area (Å²) in [6.07, 6.45) is 0.528. The Kier molecular flexibility index (Phi) is 8.17. The summed E-state index contributed by atoms with van der Waals surface area (Å²) < 4.78 is 10.2. The molecule has 0 heterocycles. The van der Waals surface area contributed by atoms with Gasteiger partial charge in [-0.1, -0.05) is 0 Å². The molecule has 10 heteroatoms. The van der Waals surface area contributed by atoms with E-state index in [1.54, 1.807) is 13.8 Å². The van der Waals surface area contributed by atoms with Crippen LogP contribution in [0.4, 0.5) is 0 Å². The quantitative estimate of drug-likeness (QED) is 0.237. The monoisotopic (exact) mass is 333 g/mol. The van der Waals surface area contributed by atoms with Gasteiger partial charge in [0.05, 0.1) is 18.3 Å². The average molecular weight is 333 g/mol. The maximum absolute atomic E-state index is 11.8. The third kappa shape index (κ3) is 6.95. The molecule has 0 aliphatic carbocycles. The number of nitrogens with one attached hydrogen (secondary N) is 2. The maximum atomic E-state index is 11.8. The minimum atomic E-state index is -0.832. The third-order valence-corrected chi connectivity index (χ3v) is 2.87. The van der Waals surface area contributed by atoms with E-state index >= 15 is 0 Å². The van der Waals surface area contributed by atoms with Gasteiger partial charge in [0.2, 0.25) is 0 Å². The molecule has 127 valence electrons. The van der Waals surface area contributed by atoms with Gasteiger partial charge in [0.1, 0.15) is 11.5 Å². The first-order chi connectivity index (χ1) is 11.3. The van der Waals surface area contributed by atoms with Crippen LogP contribution in [0.5, 0.6) is 11.5 Å². The first-order valence-corrected chi connectivity index (χ1v) is 7.34. The lowest BCUT2D eigenvalue weighted by Gasteiger charge is -2.14. The highest BCUT2D eigenvalue weighted by atomic mass is 16.5. The van der Waals surface area contributed by atoms with Crippen LogP contribution in [0.1, 0.15) is 13.8 Å². The molecular formula is C14H19B2N2O6. The van der Waals surface area contributed by atoms with E-state index in [1.807, 2.05) is 0 Å². The van der Waals surface area contributed by atoms with Crippen molar-refractivity contribution in [1.29, 1.82) is 0 Å². The minimum Gasteiger partial charge on any atom is -0.437 e. The molecule has 2 atom stereocenters. The Hall–Kier alpha value is -2.16. The molecule has 0 saturated carbocycles. The van der Waals surface area contributed by atoms with E-state index in [0.717, 1.165) is 7.41 Å². The van der Waals surface area contributed by atoms with Gasteiger partial charge in [0.25, 0.3) is 7.41 Å². The van der Waals surface area contributed by atoms with Crippen LogP contribution in [0, 0.1) is 0 Å². The first kappa shape index (κ1) is 19.9. The SMILES string of the molecule is CB(O)N[C@@H](C)C(=O)Oc1ccc(OC(=O)[C@H](C)N[B]C=O)cc1. The lowest BCUT2D eigenvalue weighted by molar-refractivity contribution is -0.136. The lowest BCUT2D eigenvalue weighted by Crippen LogP contribution is -2.44. The van der Waals surface area contributed by atoms with Crippen molar-refractivity contribution >= 4 is 32.6 Å². The maximum Gasteiger partial charge on any atom is 0.374 e. The summed E-state index contributed by atoms with van der Waals surface area (Å²) in [5.41, 5.74) is 0. The van der Waals surface area contributed by atoms with E-state index in [2.05, 4.69) is 10.5 Å². The molecule has 0 spiro atoms. The summed E-state index contributed by atoms with van der Waals surface area (Å²) in [4.78, 5) is 33.7. The molecule has 1 aromatic carbocycles. The van der Waals surface area contributed by atoms with Gasteiger partial charge in [-0.15, -0.1) is 0 Å². The van der Waals surface area contributed by atoms with Gasteiger partial charge in [0.15, 0.2) is 0 Å². The van der Waals surface area contributed by atoms with Crippen LogP contribution >= 0.6 is 0 Å². The molecule has 3 N–H and O–H groups in total. The van der Waals surface area contributed by atoms with E-state index in [9.17, 15) is 14.4 Å². The van der Waals surface area contributed by atoms with Gasteiger partial charge in [0, 0.05) is 0 Å². The summed E-state index contributed by atoms with van der Waals surface area (Å²) in [7, 11) is 0.276. The Morgan fingerprint density at radius 2 is 1.58 bits per heavy atom. The molecule has 0 aliphatic rings. The zero-order valence-electron chi connectivity index (χ0n) is 13.7. The number of hydrogen-bond acceptors (Lipinski definition) is 8. The molecule has 1 aromatic rings. The second-order valence-corrected chi connectivity index (χ2v) is 5.07. The van der Waals surface area contributed by atoms with Gasteiger partial charge in [-0.25, -0.2) is 9.59 Å². The van der Waals surface area contributed by atoms with Crippen molar-refractivity contribution in [3.8, 4) is 11.5 Å². The summed E-state index contributed by atoms with van der Waals surface area (Å²) in [5, 5.41) is 14.3. The van der Waals surface area contributed by atoms with Crippen LogP contribution in [0.25, 0.3) is 0 Å². The van der Waals surface area contributed by atoms with Crippen molar-refractivity contribution in [1.82, 2.24) is 10.5 Å². The van der Waals surface area contributed by atoms with Gasteiger partial charge in [-0.2, -0.15) is 0 Å².